The van der Waals surface area contributed by atoms with Gasteiger partial charge in [0.1, 0.15) is 17.0 Å². The van der Waals surface area contributed by atoms with Gasteiger partial charge in [0.15, 0.2) is 11.5 Å². The van der Waals surface area contributed by atoms with E-state index in [1.54, 1.807) is 24.3 Å². The van der Waals surface area contributed by atoms with Crippen molar-refractivity contribution in [1.29, 1.82) is 0 Å². The van der Waals surface area contributed by atoms with Gasteiger partial charge in [-0.25, -0.2) is 0 Å². The molecule has 1 fully saturated rings. The highest BCUT2D eigenvalue weighted by Crippen LogP contribution is 2.48. The first-order valence-corrected chi connectivity index (χ1v) is 13.9. The first-order valence-electron chi connectivity index (χ1n) is 13.2. The highest BCUT2D eigenvalue weighted by Gasteiger charge is 2.50. The second kappa shape index (κ2) is 12.3. The number of rotatable bonds is 8. The van der Waals surface area contributed by atoms with E-state index in [0.29, 0.717) is 24.2 Å². The van der Waals surface area contributed by atoms with Crippen LogP contribution in [0.5, 0.6) is 17.2 Å². The fourth-order valence-electron chi connectivity index (χ4n) is 5.27. The number of alkyl halides is 2. The quantitative estimate of drug-likeness (QED) is 0.306. The molecule has 0 spiro atoms. The average Bonchev–Trinajstić information content (AvgIpc) is 2.96. The lowest BCUT2D eigenvalue weighted by Crippen LogP contribution is -2.58. The Labute approximate surface area is 250 Å². The molecule has 1 atom stereocenters. The number of halogens is 4. The van der Waals surface area contributed by atoms with Gasteiger partial charge in [0.05, 0.1) is 35.0 Å². The van der Waals surface area contributed by atoms with E-state index in [4.69, 9.17) is 37.4 Å². The number of aliphatic hydroxyl groups is 1. The number of hydrogen-bond acceptors (Lipinski definition) is 7. The summed E-state index contributed by atoms with van der Waals surface area (Å²) in [6.45, 7) is -3.31. The number of pyridine rings is 1. The molecule has 222 valence electrons. The zero-order valence-corrected chi connectivity index (χ0v) is 23.9. The molecule has 0 saturated heterocycles. The minimum absolute atomic E-state index is 0.0596. The zero-order valence-electron chi connectivity index (χ0n) is 22.4. The van der Waals surface area contributed by atoms with Crippen LogP contribution in [0.2, 0.25) is 10.0 Å². The van der Waals surface area contributed by atoms with Crippen molar-refractivity contribution >= 4 is 46.4 Å². The standard InChI is InChI=1S/C29H27Cl2F2N3O6/c1-40-17-7-5-16(6-8-17)15-36-23-18(26(37)35-22-19(30)13-34-14-20(22)31)9-10-21(41-28(32)33)24(23)42-25(27(36)38)29(39)11-3-2-4-12-29/h5-10,13-14,25,28,39H,2-4,11-12,15H2,1H3,(H,34,35,37). The van der Waals surface area contributed by atoms with Crippen molar-refractivity contribution in [2.75, 3.05) is 17.3 Å². The second-order valence-corrected chi connectivity index (χ2v) is 10.8. The molecule has 2 aromatic carbocycles. The molecule has 1 unspecified atom stereocenters. The molecule has 13 heteroatoms. The summed E-state index contributed by atoms with van der Waals surface area (Å²) in [5.41, 5.74) is -1.06. The van der Waals surface area contributed by atoms with Gasteiger partial charge in [0.25, 0.3) is 11.8 Å². The summed E-state index contributed by atoms with van der Waals surface area (Å²) < 4.78 is 43.1. The van der Waals surface area contributed by atoms with Gasteiger partial charge in [0, 0.05) is 12.4 Å². The van der Waals surface area contributed by atoms with Crippen LogP contribution in [0.3, 0.4) is 0 Å². The number of carbonyl (C=O) groups excluding carboxylic acids is 2. The number of amides is 2. The maximum absolute atomic E-state index is 14.1. The molecule has 1 aliphatic carbocycles. The Morgan fingerprint density at radius 3 is 2.43 bits per heavy atom. The molecule has 0 bridgehead atoms. The molecule has 3 aromatic rings. The summed E-state index contributed by atoms with van der Waals surface area (Å²) in [6, 6.07) is 9.24. The number of benzene rings is 2. The third-order valence-corrected chi connectivity index (χ3v) is 7.92. The topological polar surface area (TPSA) is 110 Å². The molecule has 2 N–H and O–H groups in total. The molecule has 2 amide bonds. The molecule has 1 aliphatic heterocycles. The number of hydrogen-bond donors (Lipinski definition) is 2. The Balaban J connectivity index is 1.65. The minimum Gasteiger partial charge on any atom is -0.497 e. The van der Waals surface area contributed by atoms with Gasteiger partial charge in [-0.15, -0.1) is 0 Å². The van der Waals surface area contributed by atoms with E-state index in [1.807, 2.05) is 0 Å². The molecule has 0 radical (unpaired) electrons. The summed E-state index contributed by atoms with van der Waals surface area (Å²) in [6.07, 6.45) is 3.90. The fourth-order valence-corrected chi connectivity index (χ4v) is 5.73. The monoisotopic (exact) mass is 621 g/mol. The summed E-state index contributed by atoms with van der Waals surface area (Å²) in [5.74, 6) is -1.47. The van der Waals surface area contributed by atoms with Gasteiger partial charge in [-0.2, -0.15) is 8.78 Å². The lowest BCUT2D eigenvalue weighted by molar-refractivity contribution is -0.146. The van der Waals surface area contributed by atoms with Crippen LogP contribution in [0.4, 0.5) is 20.2 Å². The van der Waals surface area contributed by atoms with Crippen LogP contribution in [-0.2, 0) is 11.3 Å². The van der Waals surface area contributed by atoms with E-state index in [1.165, 1.54) is 30.5 Å². The maximum Gasteiger partial charge on any atom is 0.387 e. The van der Waals surface area contributed by atoms with E-state index in [9.17, 15) is 23.5 Å². The van der Waals surface area contributed by atoms with Crippen LogP contribution in [0.15, 0.2) is 48.8 Å². The SMILES string of the molecule is COc1ccc(CN2C(=O)C(C3(O)CCCCC3)Oc3c(OC(F)F)ccc(C(=O)Nc4c(Cl)cncc4Cl)c32)cc1. The van der Waals surface area contributed by atoms with Gasteiger partial charge < -0.3 is 29.5 Å². The Kier molecular flexibility index (Phi) is 8.72. The van der Waals surface area contributed by atoms with Crippen LogP contribution in [0.25, 0.3) is 0 Å². The zero-order chi connectivity index (χ0) is 30.0. The molecular weight excluding hydrogens is 595 g/mol. The first-order chi connectivity index (χ1) is 20.1. The predicted octanol–water partition coefficient (Wildman–Crippen LogP) is 6.24. The molecule has 2 aliphatic rings. The molecule has 2 heterocycles. The van der Waals surface area contributed by atoms with E-state index in [-0.39, 0.29) is 52.1 Å². The molecule has 9 nitrogen and oxygen atoms in total. The van der Waals surface area contributed by atoms with Crippen molar-refractivity contribution in [3.63, 3.8) is 0 Å². The number of nitrogens with one attached hydrogen (secondary N) is 1. The van der Waals surface area contributed by atoms with Crippen LogP contribution >= 0.6 is 23.2 Å². The number of fused-ring (bicyclic) bond motifs is 1. The van der Waals surface area contributed by atoms with Crippen molar-refractivity contribution in [3.8, 4) is 17.2 Å². The highest BCUT2D eigenvalue weighted by atomic mass is 35.5. The number of aromatic nitrogens is 1. The molecular formula is C29H27Cl2F2N3O6. The average molecular weight is 622 g/mol. The van der Waals surface area contributed by atoms with Gasteiger partial charge in [0.2, 0.25) is 6.10 Å². The lowest BCUT2D eigenvalue weighted by Gasteiger charge is -2.44. The Morgan fingerprint density at radius 2 is 1.81 bits per heavy atom. The molecule has 42 heavy (non-hydrogen) atoms. The number of methoxy groups -OCH3 is 1. The number of anilines is 2. The van der Waals surface area contributed by atoms with Gasteiger partial charge >= 0.3 is 6.61 Å². The summed E-state index contributed by atoms with van der Waals surface area (Å²) in [5, 5.41) is 14.3. The minimum atomic E-state index is -3.23. The number of nitrogens with zero attached hydrogens (tertiary/aromatic N) is 2. The fraction of sp³-hybridized carbons (Fsp3) is 0.345. The number of ether oxygens (including phenoxy) is 3. The summed E-state index contributed by atoms with van der Waals surface area (Å²) >= 11 is 12.4. The Morgan fingerprint density at radius 1 is 1.14 bits per heavy atom. The van der Waals surface area contributed by atoms with Crippen molar-refractivity contribution in [3.05, 3.63) is 70.0 Å². The number of carbonyl (C=O) groups is 2. The Hall–Kier alpha value is -3.67. The van der Waals surface area contributed by atoms with E-state index >= 15 is 0 Å². The summed E-state index contributed by atoms with van der Waals surface area (Å²) in [4.78, 5) is 32.9. The Bertz CT molecular complexity index is 1460. The van der Waals surface area contributed by atoms with Crippen LogP contribution < -0.4 is 24.4 Å². The summed E-state index contributed by atoms with van der Waals surface area (Å²) in [7, 11) is 1.52. The molecule has 1 aromatic heterocycles. The largest absolute Gasteiger partial charge is 0.497 e. The third-order valence-electron chi connectivity index (χ3n) is 7.35. The van der Waals surface area contributed by atoms with Crippen LogP contribution in [0.1, 0.15) is 48.0 Å². The van der Waals surface area contributed by atoms with Crippen LogP contribution in [-0.4, -0.2) is 47.3 Å². The van der Waals surface area contributed by atoms with Crippen molar-refractivity contribution in [2.45, 2.75) is 57.0 Å². The predicted molar refractivity (Wildman–Crippen MR) is 152 cm³/mol. The van der Waals surface area contributed by atoms with E-state index in [0.717, 1.165) is 12.5 Å². The van der Waals surface area contributed by atoms with Crippen molar-refractivity contribution in [1.82, 2.24) is 4.98 Å². The van der Waals surface area contributed by atoms with E-state index in [2.05, 4.69) is 10.3 Å². The normalized spacial score (nSPS) is 17.8. The second-order valence-electron chi connectivity index (χ2n) is 10.0. The van der Waals surface area contributed by atoms with Gasteiger partial charge in [-0.3, -0.25) is 14.6 Å². The van der Waals surface area contributed by atoms with Gasteiger partial charge in [-0.1, -0.05) is 54.6 Å². The van der Waals surface area contributed by atoms with Crippen molar-refractivity contribution in [2.24, 2.45) is 0 Å². The molecule has 5 rings (SSSR count). The third kappa shape index (κ3) is 5.95. The lowest BCUT2D eigenvalue weighted by atomic mass is 9.79. The van der Waals surface area contributed by atoms with Crippen LogP contribution in [0, 0.1) is 0 Å². The van der Waals surface area contributed by atoms with Crippen molar-refractivity contribution < 1.29 is 37.7 Å². The smallest absolute Gasteiger partial charge is 0.387 e. The first kappa shape index (κ1) is 29.8. The molecule has 1 saturated carbocycles. The van der Waals surface area contributed by atoms with Gasteiger partial charge in [-0.05, 0) is 42.7 Å². The highest BCUT2D eigenvalue weighted by molar-refractivity contribution is 6.39. The maximum atomic E-state index is 14.1. The van der Waals surface area contributed by atoms with E-state index < -0.39 is 35.9 Å².